The molecule has 0 saturated heterocycles. The molecule has 0 heterocycles. The van der Waals surface area contributed by atoms with E-state index in [2.05, 4.69) is 5.32 Å². The van der Waals surface area contributed by atoms with Crippen molar-refractivity contribution >= 4 is 11.9 Å². The highest BCUT2D eigenvalue weighted by atomic mass is 16.5. The zero-order chi connectivity index (χ0) is 15.4. The quantitative estimate of drug-likeness (QED) is 0.827. The summed E-state index contributed by atoms with van der Waals surface area (Å²) in [5.74, 6) is -0.00956. The van der Waals surface area contributed by atoms with E-state index in [4.69, 9.17) is 14.6 Å². The van der Waals surface area contributed by atoms with Crippen LogP contribution in [0.5, 0.6) is 11.5 Å². The van der Waals surface area contributed by atoms with Gasteiger partial charge in [-0.2, -0.15) is 0 Å². The first-order valence-electron chi connectivity index (χ1n) is 6.79. The van der Waals surface area contributed by atoms with E-state index in [0.29, 0.717) is 18.6 Å². The number of nitrogens with one attached hydrogen (secondary N) is 1. The van der Waals surface area contributed by atoms with Gasteiger partial charge in [-0.1, -0.05) is 0 Å². The van der Waals surface area contributed by atoms with E-state index in [9.17, 15) is 9.59 Å². The summed E-state index contributed by atoms with van der Waals surface area (Å²) >= 11 is 0. The number of carbonyl (C=O) groups excluding carboxylic acids is 1. The van der Waals surface area contributed by atoms with Crippen molar-refractivity contribution in [1.82, 2.24) is 5.32 Å². The molecule has 1 aromatic rings. The van der Waals surface area contributed by atoms with Gasteiger partial charge in [-0.25, -0.2) is 0 Å². The monoisotopic (exact) mass is 293 g/mol. The molecule has 1 fully saturated rings. The van der Waals surface area contributed by atoms with E-state index in [1.807, 2.05) is 6.92 Å². The van der Waals surface area contributed by atoms with Gasteiger partial charge in [0.2, 0.25) is 0 Å². The Hall–Kier alpha value is -2.24. The summed E-state index contributed by atoms with van der Waals surface area (Å²) in [6.45, 7) is 1.81. The number of ether oxygens (including phenoxy) is 2. The Morgan fingerprint density at radius 2 is 2.10 bits per heavy atom. The molecule has 1 saturated carbocycles. The Kier molecular flexibility index (Phi) is 4.67. The largest absolute Gasteiger partial charge is 0.496 e. The minimum Gasteiger partial charge on any atom is -0.496 e. The molecule has 114 valence electrons. The molecule has 1 aliphatic rings. The molecule has 1 aromatic carbocycles. The molecule has 21 heavy (non-hydrogen) atoms. The van der Waals surface area contributed by atoms with Crippen molar-refractivity contribution in [3.8, 4) is 11.5 Å². The Morgan fingerprint density at radius 1 is 1.38 bits per heavy atom. The number of hydrogen-bond donors (Lipinski definition) is 2. The molecule has 1 amide bonds. The van der Waals surface area contributed by atoms with E-state index in [1.54, 1.807) is 25.3 Å². The van der Waals surface area contributed by atoms with Gasteiger partial charge in [-0.3, -0.25) is 9.59 Å². The van der Waals surface area contributed by atoms with Gasteiger partial charge in [-0.15, -0.1) is 0 Å². The maximum absolute atomic E-state index is 11.7. The van der Waals surface area contributed by atoms with E-state index >= 15 is 0 Å². The molecular weight excluding hydrogens is 274 g/mol. The van der Waals surface area contributed by atoms with Crippen molar-refractivity contribution in [1.29, 1.82) is 0 Å². The van der Waals surface area contributed by atoms with Crippen LogP contribution in [0.15, 0.2) is 18.2 Å². The van der Waals surface area contributed by atoms with E-state index in [0.717, 1.165) is 11.3 Å². The third-order valence-corrected chi connectivity index (χ3v) is 3.59. The van der Waals surface area contributed by atoms with Crippen LogP contribution in [-0.4, -0.2) is 36.7 Å². The number of amides is 1. The fraction of sp³-hybridized carbons (Fsp3) is 0.467. The SMILES string of the molecule is COc1ccc(OCC(=O)NC2CC(C(=O)O)C2)cc1C. The van der Waals surface area contributed by atoms with Gasteiger partial charge in [0.05, 0.1) is 13.0 Å². The van der Waals surface area contributed by atoms with Crippen LogP contribution in [0, 0.1) is 12.8 Å². The highest BCUT2D eigenvalue weighted by Crippen LogP contribution is 2.27. The molecule has 0 spiro atoms. The number of rotatable bonds is 6. The third-order valence-electron chi connectivity index (χ3n) is 3.59. The summed E-state index contributed by atoms with van der Waals surface area (Å²) in [7, 11) is 1.60. The van der Waals surface area contributed by atoms with Crippen molar-refractivity contribution in [2.24, 2.45) is 5.92 Å². The van der Waals surface area contributed by atoms with Crippen molar-refractivity contribution in [3.05, 3.63) is 23.8 Å². The summed E-state index contributed by atoms with van der Waals surface area (Å²) in [5, 5.41) is 11.5. The van der Waals surface area contributed by atoms with Crippen LogP contribution in [0.25, 0.3) is 0 Å². The third kappa shape index (κ3) is 3.87. The highest BCUT2D eigenvalue weighted by Gasteiger charge is 2.35. The molecule has 0 aliphatic heterocycles. The number of carboxylic acids is 1. The predicted molar refractivity (Wildman–Crippen MR) is 75.5 cm³/mol. The van der Waals surface area contributed by atoms with Crippen LogP contribution < -0.4 is 14.8 Å². The Balaban J connectivity index is 1.74. The summed E-state index contributed by atoms with van der Waals surface area (Å²) in [6, 6.07) is 5.27. The number of carbonyl (C=O) groups is 2. The van der Waals surface area contributed by atoms with Crippen molar-refractivity contribution in [3.63, 3.8) is 0 Å². The summed E-state index contributed by atoms with van der Waals surface area (Å²) in [5.41, 5.74) is 0.929. The first-order valence-corrected chi connectivity index (χ1v) is 6.79. The average Bonchev–Trinajstić information content (AvgIpc) is 2.39. The lowest BCUT2D eigenvalue weighted by Crippen LogP contribution is -2.48. The van der Waals surface area contributed by atoms with E-state index < -0.39 is 5.97 Å². The first-order chi connectivity index (χ1) is 9.99. The van der Waals surface area contributed by atoms with Crippen LogP contribution in [-0.2, 0) is 9.59 Å². The highest BCUT2D eigenvalue weighted by molar-refractivity contribution is 5.78. The van der Waals surface area contributed by atoms with Crippen LogP contribution in [0.1, 0.15) is 18.4 Å². The van der Waals surface area contributed by atoms with Gasteiger partial charge in [0.25, 0.3) is 5.91 Å². The zero-order valence-corrected chi connectivity index (χ0v) is 12.1. The lowest BCUT2D eigenvalue weighted by Gasteiger charge is -2.32. The summed E-state index contributed by atoms with van der Waals surface area (Å²) in [6.07, 6.45) is 0.978. The van der Waals surface area contributed by atoms with Crippen molar-refractivity contribution in [2.45, 2.75) is 25.8 Å². The lowest BCUT2D eigenvalue weighted by atomic mass is 9.80. The second-order valence-electron chi connectivity index (χ2n) is 5.19. The lowest BCUT2D eigenvalue weighted by molar-refractivity contribution is -0.146. The second-order valence-corrected chi connectivity index (χ2v) is 5.19. The van der Waals surface area contributed by atoms with Gasteiger partial charge < -0.3 is 19.9 Å². The van der Waals surface area contributed by atoms with E-state index in [1.165, 1.54) is 0 Å². The molecule has 0 atom stereocenters. The maximum atomic E-state index is 11.7. The molecule has 0 aromatic heterocycles. The number of carboxylic acid groups (broad SMARTS) is 1. The van der Waals surface area contributed by atoms with E-state index in [-0.39, 0.29) is 24.5 Å². The van der Waals surface area contributed by atoms with Gasteiger partial charge in [0.1, 0.15) is 11.5 Å². The Morgan fingerprint density at radius 3 is 2.67 bits per heavy atom. The molecule has 0 radical (unpaired) electrons. The van der Waals surface area contributed by atoms with Gasteiger partial charge in [-0.05, 0) is 43.5 Å². The smallest absolute Gasteiger partial charge is 0.306 e. The fourth-order valence-electron chi connectivity index (χ4n) is 2.30. The van der Waals surface area contributed by atoms with Crippen LogP contribution in [0.4, 0.5) is 0 Å². The minimum atomic E-state index is -0.801. The fourth-order valence-corrected chi connectivity index (χ4v) is 2.30. The number of hydrogen-bond acceptors (Lipinski definition) is 4. The van der Waals surface area contributed by atoms with Crippen LogP contribution in [0.2, 0.25) is 0 Å². The number of benzene rings is 1. The Bertz CT molecular complexity index is 537. The average molecular weight is 293 g/mol. The number of aryl methyl sites for hydroxylation is 1. The topological polar surface area (TPSA) is 84.9 Å². The van der Waals surface area contributed by atoms with Crippen LogP contribution in [0.3, 0.4) is 0 Å². The molecule has 1 aliphatic carbocycles. The molecule has 2 N–H and O–H groups in total. The first kappa shape index (κ1) is 15.2. The molecule has 6 heteroatoms. The molecule has 0 bridgehead atoms. The predicted octanol–water partition coefficient (Wildman–Crippen LogP) is 1.36. The maximum Gasteiger partial charge on any atom is 0.306 e. The van der Waals surface area contributed by atoms with Crippen LogP contribution >= 0.6 is 0 Å². The molecule has 6 nitrogen and oxygen atoms in total. The van der Waals surface area contributed by atoms with Crippen molar-refractivity contribution in [2.75, 3.05) is 13.7 Å². The standard InChI is InChI=1S/C15H19NO5/c1-9-5-12(3-4-13(9)20-2)21-8-14(17)16-11-6-10(7-11)15(18)19/h3-5,10-11H,6-8H2,1-2H3,(H,16,17)(H,18,19). The summed E-state index contributed by atoms with van der Waals surface area (Å²) in [4.78, 5) is 22.4. The van der Waals surface area contributed by atoms with Gasteiger partial charge >= 0.3 is 5.97 Å². The zero-order valence-electron chi connectivity index (χ0n) is 12.1. The number of aliphatic carboxylic acids is 1. The molecule has 2 rings (SSSR count). The molecule has 0 unspecified atom stereocenters. The molecular formula is C15H19NO5. The Labute approximate surface area is 123 Å². The van der Waals surface area contributed by atoms with Gasteiger partial charge in [0, 0.05) is 6.04 Å². The van der Waals surface area contributed by atoms with Crippen molar-refractivity contribution < 1.29 is 24.2 Å². The summed E-state index contributed by atoms with van der Waals surface area (Å²) < 4.78 is 10.6. The number of methoxy groups -OCH3 is 1. The second kappa shape index (κ2) is 6.47. The minimum absolute atomic E-state index is 0.0557. The normalized spacial score (nSPS) is 20.3. The van der Waals surface area contributed by atoms with Gasteiger partial charge in [0.15, 0.2) is 6.61 Å².